The van der Waals surface area contributed by atoms with Crippen molar-refractivity contribution in [3.8, 4) is 5.69 Å². The third-order valence-corrected chi connectivity index (χ3v) is 2.51. The molecule has 0 bridgehead atoms. The predicted molar refractivity (Wildman–Crippen MR) is 74.9 cm³/mol. The van der Waals surface area contributed by atoms with Gasteiger partial charge < -0.3 is 4.90 Å². The van der Waals surface area contributed by atoms with Crippen molar-refractivity contribution in [2.45, 2.75) is 13.8 Å². The summed E-state index contributed by atoms with van der Waals surface area (Å²) < 4.78 is 1.86. The maximum absolute atomic E-state index is 4.47. The number of hydrogen-bond donors (Lipinski definition) is 0. The maximum Gasteiger partial charge on any atom is 0.157 e. The van der Waals surface area contributed by atoms with E-state index in [1.54, 1.807) is 6.34 Å². The minimum Gasteiger partial charge on any atom is -0.369 e. The highest BCUT2D eigenvalue weighted by Gasteiger charge is 2.05. The second-order valence-corrected chi connectivity index (χ2v) is 4.60. The number of rotatable bonds is 3. The molecule has 0 unspecified atom stereocenters. The standard InChI is InChI=1S/C14H18N4/c1-11-5-7-13(8-6-11)18-14(9-12(2)16-18)15-10-17(3)4/h5-10H,1-4H3. The lowest BCUT2D eigenvalue weighted by Crippen LogP contribution is -2.07. The van der Waals surface area contributed by atoms with E-state index in [-0.39, 0.29) is 0 Å². The van der Waals surface area contributed by atoms with E-state index in [4.69, 9.17) is 0 Å². The Morgan fingerprint density at radius 2 is 1.83 bits per heavy atom. The summed E-state index contributed by atoms with van der Waals surface area (Å²) in [7, 11) is 3.89. The van der Waals surface area contributed by atoms with Crippen molar-refractivity contribution in [1.82, 2.24) is 14.7 Å². The first-order valence-electron chi connectivity index (χ1n) is 5.90. The minimum atomic E-state index is 0.838. The van der Waals surface area contributed by atoms with Gasteiger partial charge in [-0.3, -0.25) is 0 Å². The number of aryl methyl sites for hydroxylation is 2. The molecule has 0 aliphatic carbocycles. The number of aromatic nitrogens is 2. The molecule has 0 aliphatic rings. The zero-order valence-corrected chi connectivity index (χ0v) is 11.3. The molecule has 2 aromatic rings. The molecule has 0 fully saturated rings. The smallest absolute Gasteiger partial charge is 0.157 e. The van der Waals surface area contributed by atoms with Crippen LogP contribution >= 0.6 is 0 Å². The van der Waals surface area contributed by atoms with Crippen molar-refractivity contribution in [2.75, 3.05) is 14.1 Å². The van der Waals surface area contributed by atoms with Crippen LogP contribution < -0.4 is 0 Å². The van der Waals surface area contributed by atoms with E-state index in [1.807, 2.05) is 36.7 Å². The molecule has 0 amide bonds. The van der Waals surface area contributed by atoms with Crippen LogP contribution in [0.1, 0.15) is 11.3 Å². The van der Waals surface area contributed by atoms with Crippen LogP contribution in [0.15, 0.2) is 35.3 Å². The fourth-order valence-corrected chi connectivity index (χ4v) is 1.63. The molecule has 2 rings (SSSR count). The highest BCUT2D eigenvalue weighted by Crippen LogP contribution is 2.19. The molecule has 0 atom stereocenters. The van der Waals surface area contributed by atoms with Gasteiger partial charge in [0.2, 0.25) is 0 Å². The highest BCUT2D eigenvalue weighted by molar-refractivity contribution is 5.60. The number of benzene rings is 1. The Labute approximate surface area is 108 Å². The van der Waals surface area contributed by atoms with Gasteiger partial charge >= 0.3 is 0 Å². The van der Waals surface area contributed by atoms with Crippen LogP contribution in [0.4, 0.5) is 5.82 Å². The Balaban J connectivity index is 2.41. The number of nitrogens with zero attached hydrogens (tertiary/aromatic N) is 4. The third kappa shape index (κ3) is 2.77. The normalized spacial score (nSPS) is 11.1. The van der Waals surface area contributed by atoms with E-state index >= 15 is 0 Å². The summed E-state index contributed by atoms with van der Waals surface area (Å²) in [6.45, 7) is 4.04. The lowest BCUT2D eigenvalue weighted by atomic mass is 10.2. The molecule has 94 valence electrons. The van der Waals surface area contributed by atoms with Crippen molar-refractivity contribution in [1.29, 1.82) is 0 Å². The molecule has 0 radical (unpaired) electrons. The first-order chi connectivity index (χ1) is 8.56. The van der Waals surface area contributed by atoms with Crippen molar-refractivity contribution in [3.63, 3.8) is 0 Å². The topological polar surface area (TPSA) is 33.4 Å². The average molecular weight is 242 g/mol. The monoisotopic (exact) mass is 242 g/mol. The van der Waals surface area contributed by atoms with Crippen LogP contribution in [0.5, 0.6) is 0 Å². The van der Waals surface area contributed by atoms with Crippen LogP contribution in [-0.4, -0.2) is 35.1 Å². The van der Waals surface area contributed by atoms with E-state index < -0.39 is 0 Å². The molecular formula is C14H18N4. The van der Waals surface area contributed by atoms with Crippen molar-refractivity contribution in [2.24, 2.45) is 4.99 Å². The third-order valence-electron chi connectivity index (χ3n) is 2.51. The second-order valence-electron chi connectivity index (χ2n) is 4.60. The lowest BCUT2D eigenvalue weighted by molar-refractivity contribution is 0.642. The summed E-state index contributed by atoms with van der Waals surface area (Å²) in [6.07, 6.45) is 1.78. The Kier molecular flexibility index (Phi) is 3.46. The van der Waals surface area contributed by atoms with Gasteiger partial charge in [0.05, 0.1) is 17.7 Å². The zero-order valence-electron chi connectivity index (χ0n) is 11.3. The van der Waals surface area contributed by atoms with Gasteiger partial charge in [-0.15, -0.1) is 0 Å². The SMILES string of the molecule is Cc1ccc(-n2nc(C)cc2N=CN(C)C)cc1. The zero-order chi connectivity index (χ0) is 13.1. The Hall–Kier alpha value is -2.10. The minimum absolute atomic E-state index is 0.838. The Bertz CT molecular complexity index is 550. The number of hydrogen-bond acceptors (Lipinski definition) is 2. The first-order valence-corrected chi connectivity index (χ1v) is 5.90. The van der Waals surface area contributed by atoms with E-state index in [1.165, 1.54) is 5.56 Å². The van der Waals surface area contributed by atoms with E-state index in [0.717, 1.165) is 17.2 Å². The van der Waals surface area contributed by atoms with E-state index in [2.05, 4.69) is 41.3 Å². The molecule has 0 spiro atoms. The highest BCUT2D eigenvalue weighted by atomic mass is 15.3. The molecule has 18 heavy (non-hydrogen) atoms. The quantitative estimate of drug-likeness (QED) is 0.612. The number of aliphatic imine (C=N–C) groups is 1. The van der Waals surface area contributed by atoms with Crippen molar-refractivity contribution in [3.05, 3.63) is 41.6 Å². The van der Waals surface area contributed by atoms with Crippen LogP contribution in [0, 0.1) is 13.8 Å². The van der Waals surface area contributed by atoms with Gasteiger partial charge in [-0.25, -0.2) is 9.67 Å². The van der Waals surface area contributed by atoms with Crippen LogP contribution in [0.3, 0.4) is 0 Å². The summed E-state index contributed by atoms with van der Waals surface area (Å²) in [5.41, 5.74) is 3.22. The van der Waals surface area contributed by atoms with E-state index in [9.17, 15) is 0 Å². The van der Waals surface area contributed by atoms with E-state index in [0.29, 0.717) is 0 Å². The van der Waals surface area contributed by atoms with Crippen LogP contribution in [0.2, 0.25) is 0 Å². The fourth-order valence-electron chi connectivity index (χ4n) is 1.63. The lowest BCUT2D eigenvalue weighted by Gasteiger charge is -2.06. The van der Waals surface area contributed by atoms with Crippen LogP contribution in [0.25, 0.3) is 5.69 Å². The Morgan fingerprint density at radius 1 is 1.17 bits per heavy atom. The largest absolute Gasteiger partial charge is 0.369 e. The first kappa shape index (κ1) is 12.4. The molecule has 1 aromatic carbocycles. The summed E-state index contributed by atoms with van der Waals surface area (Å²) in [5, 5.41) is 4.47. The molecule has 0 saturated heterocycles. The molecule has 0 saturated carbocycles. The van der Waals surface area contributed by atoms with Gasteiger partial charge in [0.15, 0.2) is 5.82 Å². The predicted octanol–water partition coefficient (Wildman–Crippen LogP) is 2.71. The molecule has 0 N–H and O–H groups in total. The second kappa shape index (κ2) is 5.04. The average Bonchev–Trinajstić information content (AvgIpc) is 2.69. The molecular weight excluding hydrogens is 224 g/mol. The maximum atomic E-state index is 4.47. The Morgan fingerprint density at radius 3 is 2.44 bits per heavy atom. The van der Waals surface area contributed by atoms with Gasteiger partial charge in [-0.2, -0.15) is 5.10 Å². The molecule has 1 heterocycles. The van der Waals surface area contributed by atoms with Crippen molar-refractivity contribution >= 4 is 12.2 Å². The molecule has 1 aromatic heterocycles. The van der Waals surface area contributed by atoms with Crippen LogP contribution in [-0.2, 0) is 0 Å². The summed E-state index contributed by atoms with van der Waals surface area (Å²) >= 11 is 0. The van der Waals surface area contributed by atoms with Gasteiger partial charge in [0.25, 0.3) is 0 Å². The van der Waals surface area contributed by atoms with Gasteiger partial charge in [-0.1, -0.05) is 17.7 Å². The summed E-state index contributed by atoms with van der Waals surface area (Å²) in [5.74, 6) is 0.838. The fraction of sp³-hybridized carbons (Fsp3) is 0.286. The molecule has 0 aliphatic heterocycles. The van der Waals surface area contributed by atoms with Gasteiger partial charge in [-0.05, 0) is 26.0 Å². The van der Waals surface area contributed by atoms with Crippen molar-refractivity contribution < 1.29 is 0 Å². The summed E-state index contributed by atoms with van der Waals surface area (Å²) in [6, 6.07) is 10.2. The summed E-state index contributed by atoms with van der Waals surface area (Å²) in [4.78, 5) is 6.33. The van der Waals surface area contributed by atoms with Gasteiger partial charge in [0, 0.05) is 20.2 Å². The molecule has 4 heteroatoms. The van der Waals surface area contributed by atoms with Gasteiger partial charge in [0.1, 0.15) is 0 Å². The molecule has 4 nitrogen and oxygen atoms in total.